The third kappa shape index (κ3) is 8.16. The molecule has 3 aromatic carbocycles. The molecule has 43 heavy (non-hydrogen) atoms. The van der Waals surface area contributed by atoms with Gasteiger partial charge in [0, 0.05) is 11.4 Å². The average Bonchev–Trinajstić information content (AvgIpc) is 3.51. The monoisotopic (exact) mass is 628 g/mol. The Labute approximate surface area is 268 Å². The van der Waals surface area contributed by atoms with E-state index in [0.29, 0.717) is 14.9 Å². The second-order valence-corrected chi connectivity index (χ2v) is 13.2. The van der Waals surface area contributed by atoms with Crippen molar-refractivity contribution in [2.24, 2.45) is 10.2 Å². The zero-order valence-corrected chi connectivity index (χ0v) is 26.8. The maximum absolute atomic E-state index is 13.0. The topological polar surface area (TPSA) is 68.5 Å². The van der Waals surface area contributed by atoms with Crippen LogP contribution in [-0.4, -0.2) is 21.9 Å². The van der Waals surface area contributed by atoms with Crippen molar-refractivity contribution in [1.29, 1.82) is 0 Å². The molecule has 2 aliphatic heterocycles. The second-order valence-electron chi connectivity index (χ2n) is 10.5. The van der Waals surface area contributed by atoms with Gasteiger partial charge in [-0.25, -0.2) is 0 Å². The number of carbonyl (C=O) groups is 1. The van der Waals surface area contributed by atoms with Crippen molar-refractivity contribution in [2.45, 2.75) is 63.2 Å². The van der Waals surface area contributed by atoms with Crippen LogP contribution in [0.1, 0.15) is 63.9 Å². The lowest BCUT2D eigenvalue weighted by molar-refractivity contribution is -0.113. The first-order valence-electron chi connectivity index (χ1n) is 14.9. The normalized spacial score (nSPS) is 16.8. The van der Waals surface area contributed by atoms with E-state index in [1.807, 2.05) is 36.5 Å². The molecule has 0 saturated carbocycles. The number of carbonyl (C=O) groups excluding carboxylic acids is 1. The van der Waals surface area contributed by atoms with Gasteiger partial charge in [0.15, 0.2) is 4.32 Å². The summed E-state index contributed by atoms with van der Waals surface area (Å²) >= 11 is 8.46. The highest BCUT2D eigenvalue weighted by atomic mass is 32.2. The standard InChI is InChI=1S/C34H36N4O2S3/c1-2-3-4-5-6-7-8-11-22-37-29-12-9-10-13-30(29)42-32(37)24-35-36-26-16-14-25(15-17-26)23-31-33(40)38(34(41)43-31)27-18-20-28(39)21-19-27/h9-10,12-21,23-24,39H,2-8,11,22H2,1H3/b31-23+,32-24-,36-35?. The molecule has 1 amide bonds. The lowest BCUT2D eigenvalue weighted by Gasteiger charge is -2.19. The number of fused-ring (bicyclic) bond motifs is 1. The largest absolute Gasteiger partial charge is 0.508 e. The minimum absolute atomic E-state index is 0.140. The molecule has 0 aromatic heterocycles. The number of rotatable bonds is 13. The summed E-state index contributed by atoms with van der Waals surface area (Å²) in [5, 5.41) is 19.5. The Morgan fingerprint density at radius 1 is 0.860 bits per heavy atom. The highest BCUT2D eigenvalue weighted by Crippen LogP contribution is 2.46. The van der Waals surface area contributed by atoms with Gasteiger partial charge in [0.1, 0.15) is 10.8 Å². The first-order valence-corrected chi connectivity index (χ1v) is 16.9. The summed E-state index contributed by atoms with van der Waals surface area (Å²) in [6.45, 7) is 3.24. The number of anilines is 2. The van der Waals surface area contributed by atoms with Crippen LogP contribution in [0, 0.1) is 0 Å². The summed E-state index contributed by atoms with van der Waals surface area (Å²) in [5.74, 6) is -0.0379. The lowest BCUT2D eigenvalue weighted by Crippen LogP contribution is -2.27. The van der Waals surface area contributed by atoms with Crippen molar-refractivity contribution in [2.75, 3.05) is 16.3 Å². The van der Waals surface area contributed by atoms with Crippen molar-refractivity contribution in [3.05, 3.63) is 94.5 Å². The van der Waals surface area contributed by atoms with Crippen LogP contribution < -0.4 is 9.80 Å². The zero-order valence-electron chi connectivity index (χ0n) is 24.3. The van der Waals surface area contributed by atoms with Crippen LogP contribution in [-0.2, 0) is 4.79 Å². The summed E-state index contributed by atoms with van der Waals surface area (Å²) in [6, 6.07) is 22.6. The molecule has 1 saturated heterocycles. The molecule has 0 radical (unpaired) electrons. The predicted molar refractivity (Wildman–Crippen MR) is 185 cm³/mol. The van der Waals surface area contributed by atoms with Crippen LogP contribution in [0.5, 0.6) is 5.75 Å². The number of amides is 1. The predicted octanol–water partition coefficient (Wildman–Crippen LogP) is 10.4. The van der Waals surface area contributed by atoms with Gasteiger partial charge in [-0.3, -0.25) is 9.69 Å². The van der Waals surface area contributed by atoms with Gasteiger partial charge in [-0.2, -0.15) is 10.2 Å². The molecule has 5 rings (SSSR count). The number of thioether (sulfide) groups is 2. The van der Waals surface area contributed by atoms with Crippen molar-refractivity contribution < 1.29 is 9.90 Å². The SMILES string of the molecule is CCCCCCCCCCN1/C(=C/N=Nc2ccc(/C=C3/SC(=S)N(c4ccc(O)cc4)C3=O)cc2)Sc2ccccc21. The first kappa shape index (κ1) is 31.0. The second kappa shape index (κ2) is 15.4. The van der Waals surface area contributed by atoms with Crippen LogP contribution in [0.3, 0.4) is 0 Å². The van der Waals surface area contributed by atoms with Gasteiger partial charge < -0.3 is 10.0 Å². The summed E-state index contributed by atoms with van der Waals surface area (Å²) < 4.78 is 0.462. The number of para-hydroxylation sites is 1. The van der Waals surface area contributed by atoms with Crippen molar-refractivity contribution in [3.8, 4) is 5.75 Å². The van der Waals surface area contributed by atoms with Crippen LogP contribution in [0.4, 0.5) is 17.1 Å². The Kier molecular flexibility index (Phi) is 11.1. The van der Waals surface area contributed by atoms with Gasteiger partial charge in [-0.05, 0) is 66.6 Å². The molecule has 0 atom stereocenters. The molecule has 1 fully saturated rings. The minimum atomic E-state index is -0.178. The summed E-state index contributed by atoms with van der Waals surface area (Å²) in [4.78, 5) is 18.7. The quantitative estimate of drug-likeness (QED) is 0.0879. The van der Waals surface area contributed by atoms with Crippen LogP contribution in [0.15, 0.2) is 104 Å². The number of thiocarbonyl (C=S) groups is 1. The van der Waals surface area contributed by atoms with Gasteiger partial charge in [0.25, 0.3) is 5.91 Å². The maximum Gasteiger partial charge on any atom is 0.270 e. The van der Waals surface area contributed by atoms with E-state index in [1.54, 1.807) is 36.0 Å². The average molecular weight is 629 g/mol. The van der Waals surface area contributed by atoms with E-state index in [9.17, 15) is 9.90 Å². The Morgan fingerprint density at radius 2 is 1.56 bits per heavy atom. The molecular weight excluding hydrogens is 593 g/mol. The smallest absolute Gasteiger partial charge is 0.270 e. The van der Waals surface area contributed by atoms with Gasteiger partial charge >= 0.3 is 0 Å². The summed E-state index contributed by atoms with van der Waals surface area (Å²) in [5.41, 5.74) is 3.49. The van der Waals surface area contributed by atoms with Gasteiger partial charge in [0.05, 0.1) is 28.2 Å². The number of phenols is 1. The van der Waals surface area contributed by atoms with E-state index in [-0.39, 0.29) is 11.7 Å². The molecule has 0 spiro atoms. The number of benzene rings is 3. The van der Waals surface area contributed by atoms with E-state index in [4.69, 9.17) is 12.2 Å². The third-order valence-electron chi connectivity index (χ3n) is 7.31. The van der Waals surface area contributed by atoms with E-state index < -0.39 is 0 Å². The van der Waals surface area contributed by atoms with Crippen LogP contribution in [0.2, 0.25) is 0 Å². The molecule has 0 unspecified atom stereocenters. The number of phenolic OH excluding ortho intramolecular Hbond substituents is 1. The van der Waals surface area contributed by atoms with Crippen LogP contribution >= 0.6 is 35.7 Å². The summed E-state index contributed by atoms with van der Waals surface area (Å²) in [6.07, 6.45) is 14.1. The molecule has 2 aliphatic rings. The number of hydrogen-bond acceptors (Lipinski definition) is 8. The van der Waals surface area contributed by atoms with Crippen molar-refractivity contribution in [3.63, 3.8) is 0 Å². The summed E-state index contributed by atoms with van der Waals surface area (Å²) in [7, 11) is 0. The van der Waals surface area contributed by atoms with Gasteiger partial charge in [-0.1, -0.05) is 112 Å². The molecule has 2 heterocycles. The van der Waals surface area contributed by atoms with Gasteiger partial charge in [-0.15, -0.1) is 0 Å². The Hall–Kier alpha value is -3.40. The molecule has 222 valence electrons. The third-order valence-corrected chi connectivity index (χ3v) is 9.71. The van der Waals surface area contributed by atoms with E-state index in [0.717, 1.165) is 29.2 Å². The molecule has 0 bridgehead atoms. The minimum Gasteiger partial charge on any atom is -0.508 e. The van der Waals surface area contributed by atoms with Crippen LogP contribution in [0.25, 0.3) is 6.08 Å². The molecule has 9 heteroatoms. The molecule has 3 aromatic rings. The van der Waals surface area contributed by atoms with E-state index >= 15 is 0 Å². The molecule has 6 nitrogen and oxygen atoms in total. The number of unbranched alkanes of at least 4 members (excludes halogenated alkanes) is 7. The fraction of sp³-hybridized carbons (Fsp3) is 0.294. The van der Waals surface area contributed by atoms with Crippen molar-refractivity contribution >= 4 is 69.1 Å². The highest BCUT2D eigenvalue weighted by Gasteiger charge is 2.33. The maximum atomic E-state index is 13.0. The molecular formula is C34H36N4O2S3. The van der Waals surface area contributed by atoms with E-state index in [1.165, 1.54) is 72.2 Å². The number of nitrogens with zero attached hydrogens (tertiary/aromatic N) is 4. The highest BCUT2D eigenvalue weighted by molar-refractivity contribution is 8.27. The number of aromatic hydroxyl groups is 1. The Bertz CT molecular complexity index is 1520. The molecule has 0 aliphatic carbocycles. The Morgan fingerprint density at radius 3 is 2.30 bits per heavy atom. The lowest BCUT2D eigenvalue weighted by atomic mass is 10.1. The number of azo groups is 1. The van der Waals surface area contributed by atoms with Crippen molar-refractivity contribution in [1.82, 2.24) is 0 Å². The fourth-order valence-corrected chi connectivity index (χ4v) is 7.36. The Balaban J connectivity index is 1.19. The fourth-order valence-electron chi connectivity index (χ4n) is 5.01. The molecule has 1 N–H and O–H groups in total. The van der Waals surface area contributed by atoms with E-state index in [2.05, 4.69) is 46.3 Å². The first-order chi connectivity index (χ1) is 21.0. The number of hydrogen-bond donors (Lipinski definition) is 1. The van der Waals surface area contributed by atoms with Gasteiger partial charge in [0.2, 0.25) is 0 Å². The zero-order chi connectivity index (χ0) is 30.0.